The third-order valence-electron chi connectivity index (χ3n) is 5.97. The van der Waals surface area contributed by atoms with Crippen molar-refractivity contribution < 1.29 is 17.3 Å². The Labute approximate surface area is 236 Å². The molecule has 0 radical (unpaired) electrons. The van der Waals surface area contributed by atoms with Crippen LogP contribution in [0.3, 0.4) is 0 Å². The Morgan fingerprint density at radius 1 is 0.974 bits per heavy atom. The van der Waals surface area contributed by atoms with Gasteiger partial charge in [-0.3, -0.25) is 4.18 Å². The molecular formula is C30H36ClNO4S2. The van der Waals surface area contributed by atoms with Crippen LogP contribution in [-0.4, -0.2) is 20.6 Å². The van der Waals surface area contributed by atoms with E-state index in [4.69, 9.17) is 26.3 Å². The van der Waals surface area contributed by atoms with Crippen LogP contribution in [0.25, 0.3) is 0 Å². The molecule has 5 nitrogen and oxygen atoms in total. The summed E-state index contributed by atoms with van der Waals surface area (Å²) < 4.78 is 34.5. The highest BCUT2D eigenvalue weighted by atomic mass is 35.5. The van der Waals surface area contributed by atoms with Gasteiger partial charge in [0, 0.05) is 20.4 Å². The molecule has 0 bridgehead atoms. The fraction of sp³-hybridized carbons (Fsp3) is 0.333. The molecule has 0 aliphatic rings. The van der Waals surface area contributed by atoms with E-state index in [1.165, 1.54) is 0 Å². The number of ether oxygens (including phenoxy) is 1. The lowest BCUT2D eigenvalue weighted by atomic mass is 9.88. The van der Waals surface area contributed by atoms with Crippen molar-refractivity contribution in [3.63, 3.8) is 0 Å². The van der Waals surface area contributed by atoms with Crippen molar-refractivity contribution in [2.45, 2.75) is 67.9 Å². The minimum Gasteiger partial charge on any atom is -0.489 e. The van der Waals surface area contributed by atoms with E-state index < -0.39 is 15.7 Å². The molecule has 1 unspecified atom stereocenters. The predicted molar refractivity (Wildman–Crippen MR) is 157 cm³/mol. The summed E-state index contributed by atoms with van der Waals surface area (Å²) in [5.41, 5.74) is 7.99. The zero-order chi connectivity index (χ0) is 27.4. The molecule has 0 aromatic heterocycles. The van der Waals surface area contributed by atoms with Gasteiger partial charge in [-0.1, -0.05) is 85.2 Å². The summed E-state index contributed by atoms with van der Waals surface area (Å²) in [5, 5.41) is 1.80. The van der Waals surface area contributed by atoms with Crippen molar-refractivity contribution in [2.75, 3.05) is 6.61 Å². The number of nitrogens with two attached hydrogens (primary N) is 1. The minimum atomic E-state index is -3.71. The van der Waals surface area contributed by atoms with E-state index in [0.717, 1.165) is 51.3 Å². The molecule has 8 heteroatoms. The quantitative estimate of drug-likeness (QED) is 0.187. The third kappa shape index (κ3) is 10.1. The molecule has 3 aromatic carbocycles. The third-order valence-corrected chi connectivity index (χ3v) is 8.33. The average molecular weight is 574 g/mol. The van der Waals surface area contributed by atoms with E-state index in [1.54, 1.807) is 24.8 Å². The first kappa shape index (κ1) is 30.3. The maximum absolute atomic E-state index is 11.9. The van der Waals surface area contributed by atoms with Crippen LogP contribution in [0.4, 0.5) is 0 Å². The van der Waals surface area contributed by atoms with E-state index >= 15 is 0 Å². The van der Waals surface area contributed by atoms with Gasteiger partial charge in [-0.25, -0.2) is 0 Å². The summed E-state index contributed by atoms with van der Waals surface area (Å²) in [5.74, 6) is 0.821. The fourth-order valence-corrected chi connectivity index (χ4v) is 6.18. The van der Waals surface area contributed by atoms with Gasteiger partial charge in [-0.15, -0.1) is 0 Å². The second-order valence-electron chi connectivity index (χ2n) is 9.14. The van der Waals surface area contributed by atoms with E-state index in [0.29, 0.717) is 24.5 Å². The highest BCUT2D eigenvalue weighted by Gasteiger charge is 2.22. The standard InChI is InChI=1S/C30H36ClNO4S2/c1-3-17-30(32,19-20-38(33,34)36-4-2)18-9-12-25-15-16-28(22-29(25)31)37-27-14-8-13-26(21-27)35-23-24-10-6-5-7-11-24/h5-8,10-11,13-16,19-22H,3-4,9,12,17-18,23,32H2,1-2H3. The first-order chi connectivity index (χ1) is 18.2. The maximum atomic E-state index is 11.9. The summed E-state index contributed by atoms with van der Waals surface area (Å²) in [6, 6.07) is 24.2. The Balaban J connectivity index is 1.57. The monoisotopic (exact) mass is 573 g/mol. The second kappa shape index (κ2) is 14.8. The molecule has 3 aromatic rings. The molecule has 0 spiro atoms. The number of hydrogen-bond donors (Lipinski definition) is 1. The number of halogens is 1. The van der Waals surface area contributed by atoms with Crippen LogP contribution in [-0.2, 0) is 27.3 Å². The number of aryl methyl sites for hydroxylation is 1. The molecule has 38 heavy (non-hydrogen) atoms. The topological polar surface area (TPSA) is 78.6 Å². The van der Waals surface area contributed by atoms with Gasteiger partial charge in [0.1, 0.15) is 12.4 Å². The fourth-order valence-electron chi connectivity index (χ4n) is 4.09. The average Bonchev–Trinajstić information content (AvgIpc) is 2.89. The van der Waals surface area contributed by atoms with Gasteiger partial charge in [-0.2, -0.15) is 8.42 Å². The lowest BCUT2D eigenvalue weighted by Gasteiger charge is -2.25. The van der Waals surface area contributed by atoms with Gasteiger partial charge in [0.25, 0.3) is 10.1 Å². The molecular weight excluding hydrogens is 538 g/mol. The zero-order valence-electron chi connectivity index (χ0n) is 21.9. The van der Waals surface area contributed by atoms with Crippen LogP contribution in [0.1, 0.15) is 50.7 Å². The van der Waals surface area contributed by atoms with Crippen molar-refractivity contribution in [3.8, 4) is 5.75 Å². The van der Waals surface area contributed by atoms with Crippen molar-refractivity contribution in [1.82, 2.24) is 0 Å². The molecule has 0 aliphatic carbocycles. The van der Waals surface area contributed by atoms with Crippen LogP contribution in [0.2, 0.25) is 5.02 Å². The molecule has 0 saturated heterocycles. The van der Waals surface area contributed by atoms with E-state index in [-0.39, 0.29) is 6.61 Å². The molecule has 0 amide bonds. The van der Waals surface area contributed by atoms with Crippen molar-refractivity contribution >= 4 is 33.5 Å². The van der Waals surface area contributed by atoms with Crippen LogP contribution in [0.15, 0.2) is 94.1 Å². The lowest BCUT2D eigenvalue weighted by Crippen LogP contribution is -2.37. The zero-order valence-corrected chi connectivity index (χ0v) is 24.3. The summed E-state index contributed by atoms with van der Waals surface area (Å²) in [6.45, 7) is 4.29. The number of benzene rings is 3. The van der Waals surface area contributed by atoms with Crippen molar-refractivity contribution in [3.05, 3.63) is 100 Å². The van der Waals surface area contributed by atoms with Gasteiger partial charge >= 0.3 is 0 Å². The first-order valence-electron chi connectivity index (χ1n) is 12.8. The normalized spacial score (nSPS) is 13.5. The van der Waals surface area contributed by atoms with E-state index in [9.17, 15) is 8.42 Å². The lowest BCUT2D eigenvalue weighted by molar-refractivity contribution is 0.305. The SMILES string of the molecule is CCCC(N)(C=CS(=O)(=O)OCC)CCCc1ccc(Sc2cccc(OCc3ccccc3)c2)cc1Cl. The van der Waals surface area contributed by atoms with Gasteiger partial charge in [0.05, 0.1) is 12.0 Å². The molecule has 0 heterocycles. The van der Waals surface area contributed by atoms with E-state index in [1.807, 2.05) is 67.6 Å². The Morgan fingerprint density at radius 3 is 2.45 bits per heavy atom. The predicted octanol–water partition coefficient (Wildman–Crippen LogP) is 7.77. The minimum absolute atomic E-state index is 0.0955. The van der Waals surface area contributed by atoms with Gasteiger partial charge in [0.15, 0.2) is 0 Å². The summed E-state index contributed by atoms with van der Waals surface area (Å²) >= 11 is 8.26. The molecule has 0 saturated carbocycles. The maximum Gasteiger partial charge on any atom is 0.289 e. The highest BCUT2D eigenvalue weighted by Crippen LogP contribution is 2.33. The van der Waals surface area contributed by atoms with E-state index in [2.05, 4.69) is 12.1 Å². The number of rotatable bonds is 15. The second-order valence-corrected chi connectivity index (χ2v) is 12.2. The van der Waals surface area contributed by atoms with Gasteiger partial charge < -0.3 is 10.5 Å². The Hall–Kier alpha value is -2.29. The van der Waals surface area contributed by atoms with Crippen molar-refractivity contribution in [1.29, 1.82) is 0 Å². The molecule has 2 N–H and O–H groups in total. The summed E-state index contributed by atoms with van der Waals surface area (Å²) in [4.78, 5) is 2.11. The Morgan fingerprint density at radius 2 is 1.74 bits per heavy atom. The Bertz CT molecular complexity index is 1300. The summed E-state index contributed by atoms with van der Waals surface area (Å²) in [6.07, 6.45) is 5.27. The van der Waals surface area contributed by atoms with Crippen molar-refractivity contribution in [2.24, 2.45) is 5.73 Å². The molecule has 0 aliphatic heterocycles. The van der Waals surface area contributed by atoms with Gasteiger partial charge in [-0.05, 0) is 74.1 Å². The van der Waals surface area contributed by atoms with Crippen LogP contribution in [0.5, 0.6) is 5.75 Å². The molecule has 0 fully saturated rings. The summed E-state index contributed by atoms with van der Waals surface area (Å²) in [7, 11) is -3.71. The smallest absolute Gasteiger partial charge is 0.289 e. The molecule has 3 rings (SSSR count). The highest BCUT2D eigenvalue weighted by molar-refractivity contribution is 7.99. The number of hydrogen-bond acceptors (Lipinski definition) is 6. The van der Waals surface area contributed by atoms with Crippen LogP contribution < -0.4 is 10.5 Å². The first-order valence-corrected chi connectivity index (χ1v) is 15.5. The molecule has 1 atom stereocenters. The molecule has 204 valence electrons. The van der Waals surface area contributed by atoms with Gasteiger partial charge in [0.2, 0.25) is 0 Å². The van der Waals surface area contributed by atoms with Crippen LogP contribution >= 0.6 is 23.4 Å². The van der Waals surface area contributed by atoms with Crippen LogP contribution in [0, 0.1) is 0 Å². The Kier molecular flexibility index (Phi) is 11.7. The largest absolute Gasteiger partial charge is 0.489 e.